The molecule has 0 saturated carbocycles. The minimum Gasteiger partial charge on any atom is -0.462 e. The molecule has 3 N–H and O–H groups in total. The summed E-state index contributed by atoms with van der Waals surface area (Å²) < 4.78 is 68.8. The Hall–Kier alpha value is -1.94. The first-order chi connectivity index (χ1) is 49.8. The molecule has 0 aliphatic rings. The maximum absolute atomic E-state index is 13.1. The van der Waals surface area contributed by atoms with E-state index in [2.05, 4.69) is 48.5 Å². The predicted octanol–water partition coefficient (Wildman–Crippen LogP) is 25.3. The van der Waals surface area contributed by atoms with Crippen LogP contribution in [0.3, 0.4) is 0 Å². The second kappa shape index (κ2) is 74.2. The highest BCUT2D eigenvalue weighted by molar-refractivity contribution is 7.47. The summed E-state index contributed by atoms with van der Waals surface area (Å²) in [7, 11) is -9.92. The summed E-state index contributed by atoms with van der Waals surface area (Å²) in [5.41, 5.74) is 0. The molecule has 0 fully saturated rings. The average molecular weight is 1510 g/mol. The number of unbranched alkanes of at least 4 members (excludes halogenated alkanes) is 48. The quantitative estimate of drug-likeness (QED) is 0.0222. The molecule has 0 aromatic carbocycles. The van der Waals surface area contributed by atoms with E-state index in [1.807, 2.05) is 0 Å². The van der Waals surface area contributed by atoms with Crippen molar-refractivity contribution in [3.8, 4) is 0 Å². The Bertz CT molecular complexity index is 2000. The molecule has 0 radical (unpaired) electrons. The number of esters is 4. The van der Waals surface area contributed by atoms with Crippen molar-refractivity contribution in [3.05, 3.63) is 0 Å². The fourth-order valence-corrected chi connectivity index (χ4v) is 14.5. The molecule has 612 valence electrons. The van der Waals surface area contributed by atoms with Crippen LogP contribution < -0.4 is 0 Å². The smallest absolute Gasteiger partial charge is 0.462 e. The lowest BCUT2D eigenvalue weighted by molar-refractivity contribution is -0.161. The Labute approximate surface area is 632 Å². The number of aliphatic hydroxyl groups excluding tert-OH is 1. The normalized spacial score (nSPS) is 14.4. The van der Waals surface area contributed by atoms with E-state index >= 15 is 0 Å². The maximum atomic E-state index is 13.1. The van der Waals surface area contributed by atoms with Crippen LogP contribution in [0.15, 0.2) is 0 Å². The Kier molecular flexibility index (Phi) is 72.8. The van der Waals surface area contributed by atoms with Gasteiger partial charge in [-0.2, -0.15) is 0 Å². The Morgan fingerprint density at radius 1 is 0.282 bits per heavy atom. The van der Waals surface area contributed by atoms with Crippen molar-refractivity contribution in [3.63, 3.8) is 0 Å². The maximum Gasteiger partial charge on any atom is 0.472 e. The van der Waals surface area contributed by atoms with Gasteiger partial charge in [-0.1, -0.05) is 389 Å². The molecular formula is C84H164O17P2. The first kappa shape index (κ1) is 101. The van der Waals surface area contributed by atoms with Crippen LogP contribution in [-0.2, 0) is 65.4 Å². The van der Waals surface area contributed by atoms with Crippen molar-refractivity contribution < 1.29 is 80.2 Å². The van der Waals surface area contributed by atoms with E-state index in [9.17, 15) is 43.2 Å². The Balaban J connectivity index is 5.21. The molecule has 0 spiro atoms. The van der Waals surface area contributed by atoms with Crippen LogP contribution in [0.2, 0.25) is 0 Å². The summed E-state index contributed by atoms with van der Waals surface area (Å²) in [5, 5.41) is 10.7. The molecular weight excluding hydrogens is 1340 g/mol. The number of aliphatic hydroxyl groups is 1. The van der Waals surface area contributed by atoms with Gasteiger partial charge < -0.3 is 33.8 Å². The molecule has 0 amide bonds. The van der Waals surface area contributed by atoms with Crippen molar-refractivity contribution in [1.82, 2.24) is 0 Å². The Morgan fingerprint density at radius 3 is 0.738 bits per heavy atom. The van der Waals surface area contributed by atoms with Gasteiger partial charge in [0.2, 0.25) is 0 Å². The molecule has 0 aromatic heterocycles. The number of phosphoric acid groups is 2. The van der Waals surface area contributed by atoms with Crippen LogP contribution in [0.5, 0.6) is 0 Å². The zero-order valence-corrected chi connectivity index (χ0v) is 69.6. The first-order valence-corrected chi connectivity index (χ1v) is 46.4. The van der Waals surface area contributed by atoms with Gasteiger partial charge >= 0.3 is 39.5 Å². The first-order valence-electron chi connectivity index (χ1n) is 43.4. The molecule has 0 aliphatic carbocycles. The summed E-state index contributed by atoms with van der Waals surface area (Å²) in [5.74, 6) is 0.378. The van der Waals surface area contributed by atoms with Gasteiger partial charge in [0.15, 0.2) is 12.2 Å². The molecule has 7 atom stereocenters. The van der Waals surface area contributed by atoms with Gasteiger partial charge in [0.05, 0.1) is 26.4 Å². The fraction of sp³-hybridized carbons (Fsp3) is 0.952. The lowest BCUT2D eigenvalue weighted by Gasteiger charge is -2.21. The zero-order chi connectivity index (χ0) is 75.8. The summed E-state index contributed by atoms with van der Waals surface area (Å²) in [6.07, 6.45) is 63.8. The number of carbonyl (C=O) groups excluding carboxylic acids is 4. The second-order valence-corrected chi connectivity index (χ2v) is 34.1. The number of phosphoric ester groups is 2. The van der Waals surface area contributed by atoms with Gasteiger partial charge in [0.1, 0.15) is 19.3 Å². The number of rotatable bonds is 82. The molecule has 0 rings (SSSR count). The van der Waals surface area contributed by atoms with Crippen LogP contribution in [0.4, 0.5) is 0 Å². The molecule has 0 aliphatic heterocycles. The second-order valence-electron chi connectivity index (χ2n) is 31.2. The number of carbonyl (C=O) groups is 4. The van der Waals surface area contributed by atoms with Gasteiger partial charge in [-0.25, -0.2) is 9.13 Å². The van der Waals surface area contributed by atoms with E-state index < -0.39 is 97.5 Å². The van der Waals surface area contributed by atoms with E-state index in [4.69, 9.17) is 37.0 Å². The molecule has 19 heteroatoms. The third-order valence-electron chi connectivity index (χ3n) is 20.4. The molecule has 0 bridgehead atoms. The van der Waals surface area contributed by atoms with Crippen molar-refractivity contribution in [2.24, 2.45) is 17.8 Å². The summed E-state index contributed by atoms with van der Waals surface area (Å²) in [4.78, 5) is 73.1. The summed E-state index contributed by atoms with van der Waals surface area (Å²) in [6, 6.07) is 0. The molecule has 17 nitrogen and oxygen atoms in total. The molecule has 4 unspecified atom stereocenters. The van der Waals surface area contributed by atoms with Crippen LogP contribution >= 0.6 is 15.6 Å². The fourth-order valence-electron chi connectivity index (χ4n) is 13.0. The minimum absolute atomic E-state index is 0.106. The minimum atomic E-state index is -4.96. The number of hydrogen-bond acceptors (Lipinski definition) is 15. The largest absolute Gasteiger partial charge is 0.472 e. The lowest BCUT2D eigenvalue weighted by atomic mass is 9.99. The summed E-state index contributed by atoms with van der Waals surface area (Å²) in [6.45, 7) is 12.1. The molecule has 103 heavy (non-hydrogen) atoms. The van der Waals surface area contributed by atoms with Gasteiger partial charge in [-0.05, 0) is 43.4 Å². The molecule has 0 saturated heterocycles. The monoisotopic (exact) mass is 1510 g/mol. The van der Waals surface area contributed by atoms with Gasteiger partial charge in [-0.15, -0.1) is 0 Å². The highest BCUT2D eigenvalue weighted by Gasteiger charge is 2.30. The van der Waals surface area contributed by atoms with Crippen LogP contribution in [0, 0.1) is 17.8 Å². The van der Waals surface area contributed by atoms with Gasteiger partial charge in [-0.3, -0.25) is 37.3 Å². The topological polar surface area (TPSA) is 237 Å². The van der Waals surface area contributed by atoms with Crippen molar-refractivity contribution in [2.75, 3.05) is 39.6 Å². The third kappa shape index (κ3) is 75.3. The van der Waals surface area contributed by atoms with Gasteiger partial charge in [0.25, 0.3) is 0 Å². The Morgan fingerprint density at radius 2 is 0.495 bits per heavy atom. The van der Waals surface area contributed by atoms with Crippen molar-refractivity contribution in [1.29, 1.82) is 0 Å². The number of ether oxygens (including phenoxy) is 4. The van der Waals surface area contributed by atoms with E-state index in [0.29, 0.717) is 25.7 Å². The highest BCUT2D eigenvalue weighted by Crippen LogP contribution is 2.45. The van der Waals surface area contributed by atoms with Crippen LogP contribution in [0.25, 0.3) is 0 Å². The third-order valence-corrected chi connectivity index (χ3v) is 22.3. The van der Waals surface area contributed by atoms with E-state index in [-0.39, 0.29) is 25.7 Å². The van der Waals surface area contributed by atoms with Gasteiger partial charge in [0, 0.05) is 25.7 Å². The van der Waals surface area contributed by atoms with Crippen molar-refractivity contribution in [2.45, 2.75) is 458 Å². The van der Waals surface area contributed by atoms with Crippen molar-refractivity contribution >= 4 is 39.5 Å². The van der Waals surface area contributed by atoms with Crippen LogP contribution in [0.1, 0.15) is 440 Å². The zero-order valence-electron chi connectivity index (χ0n) is 67.8. The summed E-state index contributed by atoms with van der Waals surface area (Å²) >= 11 is 0. The molecule has 0 aromatic rings. The van der Waals surface area contributed by atoms with Crippen LogP contribution in [-0.4, -0.2) is 96.7 Å². The highest BCUT2D eigenvalue weighted by atomic mass is 31.2. The average Bonchev–Trinajstić information content (AvgIpc) is 0.920. The molecule has 0 heterocycles. The lowest BCUT2D eigenvalue weighted by Crippen LogP contribution is -2.30. The number of hydrogen-bond donors (Lipinski definition) is 3. The van der Waals surface area contributed by atoms with E-state index in [1.54, 1.807) is 0 Å². The SMILES string of the molecule is CCCCCCCCCCCC(=O)OC[C@H](COP(=O)(O)OC[C@H](O)COP(=O)(O)OC[C@@H](COC(=O)CCCCCCCCCCCCCCCCC(C)CC)OC(=O)CCCCCCCCCCCCCCCCCCCCC(C)CC)OC(=O)CCCCCCCCCCCCCC(C)C. The standard InChI is InChI=1S/C84H164O17P2/c1-8-11-12-13-14-34-44-51-58-65-81(86)94-71-79(100-84(89)68-61-54-47-40-33-27-28-35-41-48-55-62-75(4)5)73-98-102(90,91)96-69-78(85)70-97-103(92,93)99-74-80(72-95-82(87)66-59-52-45-38-31-25-22-21-24-30-37-43-50-57-64-77(7)10-3)101-83(88)67-60-53-46-39-32-26-20-18-16-15-17-19-23-29-36-42-49-56-63-76(6)9-2/h75-80,85H,8-74H2,1-7H3,(H,90,91)(H,92,93)/t76?,77?,78-,79+,80+/m0/s1. The predicted molar refractivity (Wildman–Crippen MR) is 423 cm³/mol. The van der Waals surface area contributed by atoms with E-state index in [0.717, 1.165) is 108 Å². The van der Waals surface area contributed by atoms with E-state index in [1.165, 1.54) is 250 Å².